The molecule has 1 heterocycles. The van der Waals surface area contributed by atoms with Crippen molar-refractivity contribution in [3.63, 3.8) is 0 Å². The van der Waals surface area contributed by atoms with E-state index in [1.54, 1.807) is 24.3 Å². The first kappa shape index (κ1) is 13.9. The third-order valence-corrected chi connectivity index (χ3v) is 2.78. The van der Waals surface area contributed by atoms with E-state index in [4.69, 9.17) is 9.47 Å². The number of anilines is 1. The quantitative estimate of drug-likeness (QED) is 0.929. The van der Waals surface area contributed by atoms with Crippen LogP contribution in [-0.4, -0.2) is 25.1 Å². The van der Waals surface area contributed by atoms with Crippen molar-refractivity contribution in [1.29, 1.82) is 0 Å². The lowest BCUT2D eigenvalue weighted by molar-refractivity contribution is 0.102. The van der Waals surface area contributed by atoms with E-state index in [-0.39, 0.29) is 5.91 Å². The summed E-state index contributed by atoms with van der Waals surface area (Å²) in [5.41, 5.74) is 1.23. The number of carbonyl (C=O) groups excluding carboxylic acids is 1. The molecule has 2 aromatic rings. The highest BCUT2D eigenvalue weighted by molar-refractivity contribution is 6.06. The number of carbonyl (C=O) groups is 1. The number of ether oxygens (including phenoxy) is 2. The van der Waals surface area contributed by atoms with E-state index in [1.807, 2.05) is 19.1 Å². The lowest BCUT2D eigenvalue weighted by Crippen LogP contribution is -2.14. The van der Waals surface area contributed by atoms with E-state index in [1.165, 1.54) is 14.2 Å². The van der Waals surface area contributed by atoms with Crippen LogP contribution >= 0.6 is 0 Å². The van der Waals surface area contributed by atoms with Gasteiger partial charge in [-0.15, -0.1) is 0 Å². The molecule has 2 rings (SSSR count). The molecule has 5 heteroatoms. The first-order valence-electron chi connectivity index (χ1n) is 6.11. The van der Waals surface area contributed by atoms with E-state index in [0.717, 1.165) is 5.69 Å². The van der Waals surface area contributed by atoms with Crippen LogP contribution in [0.3, 0.4) is 0 Å². The molecule has 0 fully saturated rings. The van der Waals surface area contributed by atoms with E-state index >= 15 is 0 Å². The molecule has 0 spiro atoms. The van der Waals surface area contributed by atoms with Crippen molar-refractivity contribution in [2.75, 3.05) is 19.5 Å². The average molecular weight is 272 g/mol. The van der Waals surface area contributed by atoms with Crippen LogP contribution in [0.4, 0.5) is 5.82 Å². The molecule has 0 unspecified atom stereocenters. The Morgan fingerprint density at radius 1 is 1.10 bits per heavy atom. The molecule has 1 amide bonds. The van der Waals surface area contributed by atoms with E-state index < -0.39 is 0 Å². The van der Waals surface area contributed by atoms with Gasteiger partial charge in [0.2, 0.25) is 0 Å². The lowest BCUT2D eigenvalue weighted by atomic mass is 10.1. The Morgan fingerprint density at radius 3 is 2.50 bits per heavy atom. The topological polar surface area (TPSA) is 60.5 Å². The minimum absolute atomic E-state index is 0.293. The molecule has 104 valence electrons. The Kier molecular flexibility index (Phi) is 4.20. The summed E-state index contributed by atoms with van der Waals surface area (Å²) in [4.78, 5) is 16.5. The number of aryl methyl sites for hydroxylation is 1. The molecule has 1 N–H and O–H groups in total. The van der Waals surface area contributed by atoms with Gasteiger partial charge in [-0.05, 0) is 31.2 Å². The second-order valence-electron chi connectivity index (χ2n) is 4.16. The third-order valence-electron chi connectivity index (χ3n) is 2.78. The van der Waals surface area contributed by atoms with Gasteiger partial charge < -0.3 is 14.8 Å². The summed E-state index contributed by atoms with van der Waals surface area (Å²) in [6, 6.07) is 10.6. The fourth-order valence-corrected chi connectivity index (χ4v) is 1.86. The van der Waals surface area contributed by atoms with Gasteiger partial charge in [0.15, 0.2) is 11.5 Å². The van der Waals surface area contributed by atoms with Crippen molar-refractivity contribution in [3.8, 4) is 11.5 Å². The zero-order chi connectivity index (χ0) is 14.5. The highest BCUT2D eigenvalue weighted by Crippen LogP contribution is 2.30. The van der Waals surface area contributed by atoms with Crippen LogP contribution in [0.1, 0.15) is 16.1 Å². The lowest BCUT2D eigenvalue weighted by Gasteiger charge is -2.12. The van der Waals surface area contributed by atoms with Crippen LogP contribution in [0.2, 0.25) is 0 Å². The molecule has 0 saturated heterocycles. The Hall–Kier alpha value is -2.56. The molecular weight excluding hydrogens is 256 g/mol. The van der Waals surface area contributed by atoms with E-state index in [0.29, 0.717) is 22.9 Å². The molecule has 1 aromatic carbocycles. The molecule has 20 heavy (non-hydrogen) atoms. The highest BCUT2D eigenvalue weighted by Gasteiger charge is 2.16. The maximum Gasteiger partial charge on any atom is 0.260 e. The van der Waals surface area contributed by atoms with Crippen molar-refractivity contribution in [3.05, 3.63) is 47.7 Å². The second-order valence-corrected chi connectivity index (χ2v) is 4.16. The van der Waals surface area contributed by atoms with Gasteiger partial charge in [-0.3, -0.25) is 4.79 Å². The van der Waals surface area contributed by atoms with Crippen molar-refractivity contribution >= 4 is 11.7 Å². The largest absolute Gasteiger partial charge is 0.493 e. The van der Waals surface area contributed by atoms with Crippen molar-refractivity contribution in [1.82, 2.24) is 4.98 Å². The van der Waals surface area contributed by atoms with Gasteiger partial charge in [-0.1, -0.05) is 12.1 Å². The first-order valence-corrected chi connectivity index (χ1v) is 6.11. The standard InChI is InChI=1S/C15H16N2O3/c1-10-6-4-9-13(16-10)17-15(18)11-7-5-8-12(19-2)14(11)20-3/h4-9H,1-3H3,(H,16,17,18). The first-order chi connectivity index (χ1) is 9.65. The average Bonchev–Trinajstić information content (AvgIpc) is 2.46. The van der Waals surface area contributed by atoms with Crippen LogP contribution in [0.25, 0.3) is 0 Å². The molecular formula is C15H16N2O3. The van der Waals surface area contributed by atoms with Crippen LogP contribution in [0.15, 0.2) is 36.4 Å². The molecule has 0 saturated carbocycles. The summed E-state index contributed by atoms with van der Waals surface area (Å²) < 4.78 is 10.4. The predicted octanol–water partition coefficient (Wildman–Crippen LogP) is 2.66. The second kappa shape index (κ2) is 6.06. The number of aromatic nitrogens is 1. The number of amides is 1. The number of methoxy groups -OCH3 is 2. The number of nitrogens with one attached hydrogen (secondary N) is 1. The van der Waals surface area contributed by atoms with Crippen LogP contribution < -0.4 is 14.8 Å². The fourth-order valence-electron chi connectivity index (χ4n) is 1.86. The van der Waals surface area contributed by atoms with E-state index in [2.05, 4.69) is 10.3 Å². The summed E-state index contributed by atoms with van der Waals surface area (Å²) in [5.74, 6) is 1.12. The number of hydrogen-bond acceptors (Lipinski definition) is 4. The van der Waals surface area contributed by atoms with Crippen molar-refractivity contribution < 1.29 is 14.3 Å². The summed E-state index contributed by atoms with van der Waals surface area (Å²) in [6.07, 6.45) is 0. The Balaban J connectivity index is 2.30. The summed E-state index contributed by atoms with van der Waals surface area (Å²) in [6.45, 7) is 1.86. The third kappa shape index (κ3) is 2.88. The Bertz CT molecular complexity index is 626. The summed E-state index contributed by atoms with van der Waals surface area (Å²) in [5, 5.41) is 2.74. The number of benzene rings is 1. The molecule has 0 aliphatic rings. The molecule has 5 nitrogen and oxygen atoms in total. The Labute approximate surface area is 117 Å². The molecule has 0 radical (unpaired) electrons. The summed E-state index contributed by atoms with van der Waals surface area (Å²) >= 11 is 0. The maximum absolute atomic E-state index is 12.3. The zero-order valence-electron chi connectivity index (χ0n) is 11.6. The zero-order valence-corrected chi connectivity index (χ0v) is 11.6. The number of rotatable bonds is 4. The summed E-state index contributed by atoms with van der Waals surface area (Å²) in [7, 11) is 3.03. The smallest absolute Gasteiger partial charge is 0.260 e. The number of hydrogen-bond donors (Lipinski definition) is 1. The normalized spacial score (nSPS) is 9.95. The number of para-hydroxylation sites is 1. The van der Waals surface area contributed by atoms with E-state index in [9.17, 15) is 4.79 Å². The van der Waals surface area contributed by atoms with Crippen LogP contribution in [-0.2, 0) is 0 Å². The molecule has 0 aliphatic carbocycles. The molecule has 0 atom stereocenters. The van der Waals surface area contributed by atoms with Gasteiger partial charge >= 0.3 is 0 Å². The van der Waals surface area contributed by atoms with Gasteiger partial charge in [0, 0.05) is 5.69 Å². The van der Waals surface area contributed by atoms with Crippen LogP contribution in [0.5, 0.6) is 11.5 Å². The Morgan fingerprint density at radius 2 is 1.85 bits per heavy atom. The van der Waals surface area contributed by atoms with Crippen molar-refractivity contribution in [2.45, 2.75) is 6.92 Å². The molecule has 1 aromatic heterocycles. The molecule has 0 bridgehead atoms. The minimum atomic E-state index is -0.293. The van der Waals surface area contributed by atoms with Gasteiger partial charge in [0.25, 0.3) is 5.91 Å². The minimum Gasteiger partial charge on any atom is -0.493 e. The van der Waals surface area contributed by atoms with Gasteiger partial charge in [0.1, 0.15) is 5.82 Å². The number of pyridine rings is 1. The maximum atomic E-state index is 12.3. The van der Waals surface area contributed by atoms with Gasteiger partial charge in [-0.2, -0.15) is 0 Å². The van der Waals surface area contributed by atoms with Gasteiger partial charge in [-0.25, -0.2) is 4.98 Å². The molecule has 0 aliphatic heterocycles. The number of nitrogens with zero attached hydrogens (tertiary/aromatic N) is 1. The highest BCUT2D eigenvalue weighted by atomic mass is 16.5. The van der Waals surface area contributed by atoms with Crippen molar-refractivity contribution in [2.24, 2.45) is 0 Å². The fraction of sp³-hybridized carbons (Fsp3) is 0.200. The predicted molar refractivity (Wildman–Crippen MR) is 76.5 cm³/mol. The van der Waals surface area contributed by atoms with Crippen LogP contribution in [0, 0.1) is 6.92 Å². The SMILES string of the molecule is COc1cccc(C(=O)Nc2cccc(C)n2)c1OC. The monoisotopic (exact) mass is 272 g/mol. The van der Waals surface area contributed by atoms with Gasteiger partial charge in [0.05, 0.1) is 19.8 Å².